The zero-order valence-electron chi connectivity index (χ0n) is 16.3. The summed E-state index contributed by atoms with van der Waals surface area (Å²) >= 11 is 1.53. The van der Waals surface area contributed by atoms with Crippen LogP contribution in [0, 0.1) is 20.8 Å². The van der Waals surface area contributed by atoms with Crippen LogP contribution in [0.3, 0.4) is 0 Å². The maximum absolute atomic E-state index is 13.2. The molecule has 2 aromatic carbocycles. The molecule has 2 heterocycles. The first kappa shape index (κ1) is 19.4. The molecule has 148 valence electrons. The number of para-hydroxylation sites is 1. The lowest BCUT2D eigenvalue weighted by atomic mass is 10.1. The van der Waals surface area contributed by atoms with E-state index in [1.807, 2.05) is 57.2 Å². The number of aryl methyl sites for hydroxylation is 3. The van der Waals surface area contributed by atoms with Crippen molar-refractivity contribution in [3.8, 4) is 5.19 Å². The minimum atomic E-state index is -3.49. The average molecular weight is 417 g/mol. The van der Waals surface area contributed by atoms with Crippen molar-refractivity contribution < 1.29 is 13.2 Å². The molecule has 0 aliphatic carbocycles. The van der Waals surface area contributed by atoms with E-state index < -0.39 is 10.0 Å². The fourth-order valence-corrected chi connectivity index (χ4v) is 6.70. The van der Waals surface area contributed by atoms with Crippen LogP contribution in [0.15, 0.2) is 41.3 Å². The van der Waals surface area contributed by atoms with Crippen molar-refractivity contribution >= 4 is 31.6 Å². The standard InChI is InChI=1S/C21H24N2O3S2/c1-14-12-15(2)20(16(3)13-14)28(24,25)23-10-8-17(9-11-23)26-21-22-18-6-4-5-7-19(18)27-21/h4-7,12-13,17H,8-11H2,1-3H3. The molecule has 0 unspecified atom stereocenters. The summed E-state index contributed by atoms with van der Waals surface area (Å²) in [6, 6.07) is 11.8. The number of sulfonamides is 1. The lowest BCUT2D eigenvalue weighted by molar-refractivity contribution is 0.135. The molecule has 1 aliphatic rings. The first-order valence-electron chi connectivity index (χ1n) is 9.45. The van der Waals surface area contributed by atoms with Crippen LogP contribution in [0.2, 0.25) is 0 Å². The molecular formula is C21H24N2O3S2. The summed E-state index contributed by atoms with van der Waals surface area (Å²) < 4.78 is 35.1. The molecule has 1 aliphatic heterocycles. The van der Waals surface area contributed by atoms with Gasteiger partial charge < -0.3 is 4.74 Å². The number of thiazole rings is 1. The van der Waals surface area contributed by atoms with E-state index in [0.29, 0.717) is 36.0 Å². The monoisotopic (exact) mass is 416 g/mol. The normalized spacial score (nSPS) is 16.5. The number of fused-ring (bicyclic) bond motifs is 1. The van der Waals surface area contributed by atoms with Gasteiger partial charge in [0, 0.05) is 13.1 Å². The van der Waals surface area contributed by atoms with Gasteiger partial charge in [-0.05, 0) is 56.9 Å². The molecular weight excluding hydrogens is 392 g/mol. The van der Waals surface area contributed by atoms with Crippen molar-refractivity contribution in [2.45, 2.75) is 44.6 Å². The van der Waals surface area contributed by atoms with Gasteiger partial charge in [0.05, 0.1) is 15.1 Å². The molecule has 4 rings (SSSR count). The van der Waals surface area contributed by atoms with Crippen molar-refractivity contribution in [3.63, 3.8) is 0 Å². The highest BCUT2D eigenvalue weighted by molar-refractivity contribution is 7.89. The predicted molar refractivity (Wildman–Crippen MR) is 113 cm³/mol. The molecule has 0 saturated carbocycles. The number of hydrogen-bond acceptors (Lipinski definition) is 5. The second kappa shape index (κ2) is 7.46. The van der Waals surface area contributed by atoms with Gasteiger partial charge in [0.15, 0.2) is 0 Å². The van der Waals surface area contributed by atoms with E-state index in [1.54, 1.807) is 4.31 Å². The van der Waals surface area contributed by atoms with E-state index >= 15 is 0 Å². The molecule has 5 nitrogen and oxygen atoms in total. The minimum absolute atomic E-state index is 0.00720. The number of hydrogen-bond donors (Lipinski definition) is 0. The Morgan fingerprint density at radius 2 is 1.71 bits per heavy atom. The maximum atomic E-state index is 13.2. The number of piperidine rings is 1. The van der Waals surface area contributed by atoms with Gasteiger partial charge >= 0.3 is 0 Å². The van der Waals surface area contributed by atoms with Crippen molar-refractivity contribution in [2.75, 3.05) is 13.1 Å². The van der Waals surface area contributed by atoms with Gasteiger partial charge in [-0.2, -0.15) is 4.31 Å². The predicted octanol–water partition coefficient (Wildman–Crippen LogP) is 4.45. The zero-order valence-corrected chi connectivity index (χ0v) is 17.9. The summed E-state index contributed by atoms with van der Waals surface area (Å²) in [5, 5.41) is 0.660. The highest BCUT2D eigenvalue weighted by Crippen LogP contribution is 2.31. The van der Waals surface area contributed by atoms with E-state index in [1.165, 1.54) is 11.3 Å². The molecule has 0 radical (unpaired) electrons. The maximum Gasteiger partial charge on any atom is 0.274 e. The summed E-state index contributed by atoms with van der Waals surface area (Å²) in [7, 11) is -3.49. The van der Waals surface area contributed by atoms with Gasteiger partial charge in [0.2, 0.25) is 10.0 Å². The molecule has 0 amide bonds. The lowest BCUT2D eigenvalue weighted by Crippen LogP contribution is -2.42. The molecule has 3 aromatic rings. The summed E-state index contributed by atoms with van der Waals surface area (Å²) in [6.45, 7) is 6.66. The van der Waals surface area contributed by atoms with Gasteiger partial charge in [-0.15, -0.1) is 0 Å². The minimum Gasteiger partial charge on any atom is -0.467 e. The van der Waals surface area contributed by atoms with E-state index in [2.05, 4.69) is 4.98 Å². The number of nitrogens with zero attached hydrogens (tertiary/aromatic N) is 2. The van der Waals surface area contributed by atoms with Crippen LogP contribution in [0.25, 0.3) is 10.2 Å². The van der Waals surface area contributed by atoms with Gasteiger partial charge in [-0.3, -0.25) is 0 Å². The highest BCUT2D eigenvalue weighted by atomic mass is 32.2. The summed E-state index contributed by atoms with van der Waals surface area (Å²) in [5.41, 5.74) is 3.64. The third-order valence-corrected chi connectivity index (χ3v) is 8.28. The van der Waals surface area contributed by atoms with Gasteiger partial charge in [-0.25, -0.2) is 13.4 Å². The summed E-state index contributed by atoms with van der Waals surface area (Å²) in [4.78, 5) is 4.97. The second-order valence-electron chi connectivity index (χ2n) is 7.40. The Hall–Kier alpha value is -1.96. The number of rotatable bonds is 4. The molecule has 0 spiro atoms. The van der Waals surface area contributed by atoms with Crippen LogP contribution >= 0.6 is 11.3 Å². The quantitative estimate of drug-likeness (QED) is 0.630. The first-order valence-corrected chi connectivity index (χ1v) is 11.7. The van der Waals surface area contributed by atoms with E-state index in [4.69, 9.17) is 4.74 Å². The Bertz CT molecular complexity index is 1060. The fraction of sp³-hybridized carbons (Fsp3) is 0.381. The Balaban J connectivity index is 1.46. The molecule has 0 N–H and O–H groups in total. The molecule has 0 atom stereocenters. The molecule has 0 bridgehead atoms. The SMILES string of the molecule is Cc1cc(C)c(S(=O)(=O)N2CCC(Oc3nc4ccccc4s3)CC2)c(C)c1. The van der Waals surface area contributed by atoms with Crippen LogP contribution in [-0.2, 0) is 10.0 Å². The number of benzene rings is 2. The molecule has 1 fully saturated rings. The van der Waals surface area contributed by atoms with E-state index in [0.717, 1.165) is 26.9 Å². The summed E-state index contributed by atoms with van der Waals surface area (Å²) in [6.07, 6.45) is 1.32. The van der Waals surface area contributed by atoms with Gasteiger partial charge in [0.1, 0.15) is 6.10 Å². The fourth-order valence-electron chi connectivity index (χ4n) is 3.94. The molecule has 1 saturated heterocycles. The first-order chi connectivity index (χ1) is 13.3. The Morgan fingerprint density at radius 3 is 2.36 bits per heavy atom. The largest absolute Gasteiger partial charge is 0.467 e. The second-order valence-corrected chi connectivity index (χ2v) is 10.3. The van der Waals surface area contributed by atoms with Crippen LogP contribution in [0.5, 0.6) is 5.19 Å². The van der Waals surface area contributed by atoms with E-state index in [-0.39, 0.29) is 6.10 Å². The van der Waals surface area contributed by atoms with Crippen molar-refractivity contribution in [3.05, 3.63) is 53.1 Å². The zero-order chi connectivity index (χ0) is 19.9. The van der Waals surface area contributed by atoms with Crippen LogP contribution in [0.4, 0.5) is 0 Å². The lowest BCUT2D eigenvalue weighted by Gasteiger charge is -2.31. The van der Waals surface area contributed by atoms with Gasteiger partial charge in [0.25, 0.3) is 5.19 Å². The molecule has 7 heteroatoms. The third-order valence-electron chi connectivity index (χ3n) is 5.15. The Kier molecular flexibility index (Phi) is 5.16. The summed E-state index contributed by atoms with van der Waals surface area (Å²) in [5.74, 6) is 0. The van der Waals surface area contributed by atoms with Gasteiger partial charge in [-0.1, -0.05) is 41.2 Å². The third kappa shape index (κ3) is 3.66. The molecule has 28 heavy (non-hydrogen) atoms. The Morgan fingerprint density at radius 1 is 1.07 bits per heavy atom. The number of ether oxygens (including phenoxy) is 1. The van der Waals surface area contributed by atoms with Crippen molar-refractivity contribution in [1.29, 1.82) is 0 Å². The van der Waals surface area contributed by atoms with Crippen LogP contribution < -0.4 is 4.74 Å². The topological polar surface area (TPSA) is 59.5 Å². The van der Waals surface area contributed by atoms with Crippen LogP contribution in [-0.4, -0.2) is 36.9 Å². The molecule has 1 aromatic heterocycles. The number of aromatic nitrogens is 1. The van der Waals surface area contributed by atoms with Crippen molar-refractivity contribution in [1.82, 2.24) is 9.29 Å². The van der Waals surface area contributed by atoms with Crippen molar-refractivity contribution in [2.24, 2.45) is 0 Å². The van der Waals surface area contributed by atoms with E-state index in [9.17, 15) is 8.42 Å². The average Bonchev–Trinajstić information content (AvgIpc) is 3.03. The van der Waals surface area contributed by atoms with Crippen LogP contribution in [0.1, 0.15) is 29.5 Å². The smallest absolute Gasteiger partial charge is 0.274 e. The highest BCUT2D eigenvalue weighted by Gasteiger charge is 2.32. The Labute approximate surface area is 170 Å².